The van der Waals surface area contributed by atoms with Gasteiger partial charge in [-0.3, -0.25) is 4.68 Å². The van der Waals surface area contributed by atoms with Gasteiger partial charge < -0.3 is 5.32 Å². The van der Waals surface area contributed by atoms with Gasteiger partial charge in [0, 0.05) is 18.6 Å². The molecule has 0 bridgehead atoms. The van der Waals surface area contributed by atoms with Crippen molar-refractivity contribution in [3.63, 3.8) is 0 Å². The molecule has 17 heavy (non-hydrogen) atoms. The second-order valence-electron chi connectivity index (χ2n) is 5.51. The van der Waals surface area contributed by atoms with Gasteiger partial charge in [-0.15, -0.1) is 0 Å². The Labute approximate surface area is 112 Å². The monoisotopic (exact) mass is 299 g/mol. The maximum Gasteiger partial charge on any atom is 0.0739 e. The molecular weight excluding hydrogens is 278 g/mol. The van der Waals surface area contributed by atoms with Crippen LogP contribution >= 0.6 is 15.9 Å². The lowest BCUT2D eigenvalue weighted by Gasteiger charge is -2.26. The summed E-state index contributed by atoms with van der Waals surface area (Å²) in [4.78, 5) is 0. The fourth-order valence-electron chi connectivity index (χ4n) is 2.30. The Hall–Kier alpha value is -0.350. The topological polar surface area (TPSA) is 29.9 Å². The minimum absolute atomic E-state index is 0.246. The van der Waals surface area contributed by atoms with Crippen LogP contribution in [0, 0.1) is 12.8 Å². The van der Waals surface area contributed by atoms with E-state index in [9.17, 15) is 0 Å². The third-order valence-electron chi connectivity index (χ3n) is 3.76. The van der Waals surface area contributed by atoms with Crippen LogP contribution in [0.1, 0.15) is 45.0 Å². The van der Waals surface area contributed by atoms with Crippen LogP contribution in [0.3, 0.4) is 0 Å². The Bertz CT molecular complexity index is 405. The van der Waals surface area contributed by atoms with Crippen molar-refractivity contribution in [2.45, 2.75) is 59.2 Å². The Morgan fingerprint density at radius 1 is 1.47 bits per heavy atom. The van der Waals surface area contributed by atoms with Gasteiger partial charge in [0.15, 0.2) is 0 Å². The molecule has 0 atom stereocenters. The normalized spacial score (nSPS) is 16.5. The molecule has 1 N–H and O–H groups in total. The minimum Gasteiger partial charge on any atom is -0.306 e. The van der Waals surface area contributed by atoms with Crippen LogP contribution in [0.15, 0.2) is 4.47 Å². The van der Waals surface area contributed by atoms with Crippen LogP contribution in [0.25, 0.3) is 0 Å². The van der Waals surface area contributed by atoms with E-state index < -0.39 is 0 Å². The van der Waals surface area contributed by atoms with E-state index in [1.54, 1.807) is 0 Å². The first kappa shape index (κ1) is 13.1. The first-order valence-electron chi connectivity index (χ1n) is 6.42. The van der Waals surface area contributed by atoms with Crippen molar-refractivity contribution in [3.05, 3.63) is 15.9 Å². The van der Waals surface area contributed by atoms with Crippen molar-refractivity contribution in [1.82, 2.24) is 15.1 Å². The summed E-state index contributed by atoms with van der Waals surface area (Å²) in [5.74, 6) is 0.848. The van der Waals surface area contributed by atoms with Gasteiger partial charge >= 0.3 is 0 Å². The molecule has 0 aliphatic heterocycles. The molecule has 1 saturated carbocycles. The molecule has 1 aromatic rings. The first-order chi connectivity index (χ1) is 7.95. The van der Waals surface area contributed by atoms with Crippen molar-refractivity contribution in [1.29, 1.82) is 0 Å². The Morgan fingerprint density at radius 2 is 2.12 bits per heavy atom. The highest BCUT2D eigenvalue weighted by Crippen LogP contribution is 2.39. The number of nitrogens with zero attached hydrogens (tertiary/aromatic N) is 2. The Balaban J connectivity index is 2.07. The molecule has 2 rings (SSSR count). The molecule has 0 aromatic carbocycles. The van der Waals surface area contributed by atoms with Gasteiger partial charge in [-0.1, -0.05) is 0 Å². The summed E-state index contributed by atoms with van der Waals surface area (Å²) >= 11 is 3.64. The van der Waals surface area contributed by atoms with E-state index in [1.807, 2.05) is 6.92 Å². The first-order valence-corrected chi connectivity index (χ1v) is 7.21. The van der Waals surface area contributed by atoms with Crippen LogP contribution in [-0.4, -0.2) is 15.3 Å². The largest absolute Gasteiger partial charge is 0.306 e. The van der Waals surface area contributed by atoms with Crippen molar-refractivity contribution < 1.29 is 0 Å². The average Bonchev–Trinajstić information content (AvgIpc) is 3.07. The molecule has 0 radical (unpaired) electrons. The van der Waals surface area contributed by atoms with Crippen LogP contribution in [0.4, 0.5) is 0 Å². The van der Waals surface area contributed by atoms with E-state index in [0.29, 0.717) is 0 Å². The zero-order valence-electron chi connectivity index (χ0n) is 11.2. The van der Waals surface area contributed by atoms with Gasteiger partial charge in [0.2, 0.25) is 0 Å². The van der Waals surface area contributed by atoms with Crippen molar-refractivity contribution in [2.75, 3.05) is 0 Å². The molecule has 4 heteroatoms. The molecule has 0 unspecified atom stereocenters. The molecule has 1 aliphatic rings. The van der Waals surface area contributed by atoms with Crippen LogP contribution in [-0.2, 0) is 13.1 Å². The lowest BCUT2D eigenvalue weighted by molar-refractivity contribution is 0.333. The van der Waals surface area contributed by atoms with Gasteiger partial charge in [-0.2, -0.15) is 5.10 Å². The predicted molar refractivity (Wildman–Crippen MR) is 74.0 cm³/mol. The number of aryl methyl sites for hydroxylation is 2. The number of rotatable bonds is 5. The van der Waals surface area contributed by atoms with Crippen molar-refractivity contribution in [2.24, 2.45) is 5.92 Å². The maximum absolute atomic E-state index is 4.52. The van der Waals surface area contributed by atoms with Gasteiger partial charge in [0.25, 0.3) is 0 Å². The minimum atomic E-state index is 0.246. The molecule has 0 spiro atoms. The molecule has 1 aromatic heterocycles. The van der Waals surface area contributed by atoms with E-state index in [1.165, 1.54) is 18.5 Å². The summed E-state index contributed by atoms with van der Waals surface area (Å²) in [6.45, 7) is 10.6. The third kappa shape index (κ3) is 2.74. The molecule has 3 nitrogen and oxygen atoms in total. The molecule has 1 heterocycles. The second-order valence-corrected chi connectivity index (χ2v) is 6.30. The quantitative estimate of drug-likeness (QED) is 0.904. The number of hydrogen-bond acceptors (Lipinski definition) is 2. The highest BCUT2D eigenvalue weighted by molar-refractivity contribution is 9.10. The van der Waals surface area contributed by atoms with Crippen molar-refractivity contribution in [3.8, 4) is 0 Å². The summed E-state index contributed by atoms with van der Waals surface area (Å²) in [5, 5.41) is 8.19. The smallest absolute Gasteiger partial charge is 0.0739 e. The number of nitrogens with one attached hydrogen (secondary N) is 1. The number of halogens is 1. The SMILES string of the molecule is CCn1nc(C)c(Br)c1CNC(C)(C)C1CC1. The molecule has 1 fully saturated rings. The number of aromatic nitrogens is 2. The summed E-state index contributed by atoms with van der Waals surface area (Å²) in [6.07, 6.45) is 2.74. The van der Waals surface area contributed by atoms with E-state index in [0.717, 1.165) is 29.2 Å². The van der Waals surface area contributed by atoms with E-state index in [2.05, 4.69) is 51.8 Å². The molecule has 96 valence electrons. The summed E-state index contributed by atoms with van der Waals surface area (Å²) in [7, 11) is 0. The van der Waals surface area contributed by atoms with Gasteiger partial charge in [0.05, 0.1) is 15.9 Å². The lowest BCUT2D eigenvalue weighted by atomic mass is 9.99. The van der Waals surface area contributed by atoms with Crippen LogP contribution in [0.2, 0.25) is 0 Å². The number of hydrogen-bond donors (Lipinski definition) is 1. The second kappa shape index (κ2) is 4.73. The third-order valence-corrected chi connectivity index (χ3v) is 4.79. The maximum atomic E-state index is 4.52. The average molecular weight is 300 g/mol. The van der Waals surface area contributed by atoms with Crippen molar-refractivity contribution >= 4 is 15.9 Å². The predicted octanol–water partition coefficient (Wildman–Crippen LogP) is 3.25. The van der Waals surface area contributed by atoms with Crippen LogP contribution in [0.5, 0.6) is 0 Å². The van der Waals surface area contributed by atoms with Crippen LogP contribution < -0.4 is 5.32 Å². The molecular formula is C13H22BrN3. The standard InChI is InChI=1S/C13H22BrN3/c1-5-17-11(12(14)9(2)16-17)8-15-13(3,4)10-6-7-10/h10,15H,5-8H2,1-4H3. The lowest BCUT2D eigenvalue weighted by Crippen LogP contribution is -2.41. The van der Waals surface area contributed by atoms with Gasteiger partial charge in [-0.25, -0.2) is 0 Å². The zero-order valence-corrected chi connectivity index (χ0v) is 12.8. The molecule has 0 saturated heterocycles. The Morgan fingerprint density at radius 3 is 2.65 bits per heavy atom. The summed E-state index contributed by atoms with van der Waals surface area (Å²) < 4.78 is 3.23. The summed E-state index contributed by atoms with van der Waals surface area (Å²) in [6, 6.07) is 0. The highest BCUT2D eigenvalue weighted by Gasteiger charge is 2.37. The molecule has 1 aliphatic carbocycles. The highest BCUT2D eigenvalue weighted by atomic mass is 79.9. The zero-order chi connectivity index (χ0) is 12.6. The van der Waals surface area contributed by atoms with E-state index >= 15 is 0 Å². The summed E-state index contributed by atoms with van der Waals surface area (Å²) in [5.41, 5.74) is 2.59. The Kier molecular flexibility index (Phi) is 3.64. The fraction of sp³-hybridized carbons (Fsp3) is 0.769. The van der Waals surface area contributed by atoms with E-state index in [-0.39, 0.29) is 5.54 Å². The van der Waals surface area contributed by atoms with Gasteiger partial charge in [0.1, 0.15) is 0 Å². The van der Waals surface area contributed by atoms with Gasteiger partial charge in [-0.05, 0) is 62.4 Å². The fourth-order valence-corrected chi connectivity index (χ4v) is 2.72. The van der Waals surface area contributed by atoms with E-state index in [4.69, 9.17) is 0 Å². The molecule has 0 amide bonds.